The van der Waals surface area contributed by atoms with Crippen LogP contribution in [0.25, 0.3) is 0 Å². The number of hydrogen-bond donors (Lipinski definition) is 1. The monoisotopic (exact) mass is 278 g/mol. The van der Waals surface area contributed by atoms with Gasteiger partial charge in [-0.3, -0.25) is 9.78 Å². The summed E-state index contributed by atoms with van der Waals surface area (Å²) in [4.78, 5) is 27.6. The highest BCUT2D eigenvalue weighted by Gasteiger charge is 2.21. The van der Waals surface area contributed by atoms with E-state index in [1.807, 2.05) is 0 Å². The van der Waals surface area contributed by atoms with E-state index in [0.717, 1.165) is 25.7 Å². The number of carbonyl (C=O) groups excluding carboxylic acids is 2. The first-order valence-corrected chi connectivity index (χ1v) is 6.98. The lowest BCUT2D eigenvalue weighted by Gasteiger charge is -2.16. The number of nitrogens with one attached hydrogen (secondary N) is 1. The van der Waals surface area contributed by atoms with Gasteiger partial charge in [0.2, 0.25) is 0 Å². The van der Waals surface area contributed by atoms with Crippen molar-refractivity contribution in [3.8, 4) is 0 Å². The van der Waals surface area contributed by atoms with Crippen molar-refractivity contribution in [1.82, 2.24) is 10.3 Å². The number of esters is 1. The summed E-state index contributed by atoms with van der Waals surface area (Å²) in [5.41, 5.74) is 0.301. The van der Waals surface area contributed by atoms with Crippen LogP contribution in [-0.4, -0.2) is 30.0 Å². The van der Waals surface area contributed by atoms with E-state index in [0.29, 0.717) is 12.1 Å². The van der Waals surface area contributed by atoms with Crippen molar-refractivity contribution < 1.29 is 14.3 Å². The molecule has 0 aromatic carbocycles. The van der Waals surface area contributed by atoms with Crippen LogP contribution in [0.15, 0.2) is 24.4 Å². The maximum atomic E-state index is 12.0. The highest BCUT2D eigenvalue weighted by molar-refractivity contribution is 5.95. The maximum absolute atomic E-state index is 12.0. The average Bonchev–Trinajstić information content (AvgIpc) is 2.50. The lowest BCUT2D eigenvalue weighted by atomic mass is 10.1. The Morgan fingerprint density at radius 2 is 2.10 bits per heavy atom. The van der Waals surface area contributed by atoms with Crippen LogP contribution >= 0.6 is 0 Å². The fourth-order valence-corrected chi connectivity index (χ4v) is 1.90. The van der Waals surface area contributed by atoms with Crippen LogP contribution in [-0.2, 0) is 9.53 Å². The number of nitrogens with zero attached hydrogens (tertiary/aromatic N) is 1. The summed E-state index contributed by atoms with van der Waals surface area (Å²) in [6.45, 7) is 2.13. The Kier molecular flexibility index (Phi) is 7.32. The number of unbranched alkanes of at least 4 members (excludes halogenated alkanes) is 3. The number of methoxy groups -OCH3 is 1. The first-order chi connectivity index (χ1) is 9.69. The third kappa shape index (κ3) is 5.38. The first kappa shape index (κ1) is 16.1. The van der Waals surface area contributed by atoms with Gasteiger partial charge in [-0.2, -0.15) is 0 Å². The van der Waals surface area contributed by atoms with Crippen molar-refractivity contribution >= 4 is 11.9 Å². The molecule has 0 spiro atoms. The van der Waals surface area contributed by atoms with Gasteiger partial charge in [0.15, 0.2) is 0 Å². The van der Waals surface area contributed by atoms with Crippen LogP contribution in [0.1, 0.15) is 49.5 Å². The number of aromatic nitrogens is 1. The lowest BCUT2D eigenvalue weighted by molar-refractivity contribution is -0.143. The highest BCUT2D eigenvalue weighted by Crippen LogP contribution is 2.07. The second-order valence-corrected chi connectivity index (χ2v) is 4.61. The largest absolute Gasteiger partial charge is 0.467 e. The predicted molar refractivity (Wildman–Crippen MR) is 76.3 cm³/mol. The van der Waals surface area contributed by atoms with Gasteiger partial charge in [-0.05, 0) is 18.6 Å². The molecule has 1 N–H and O–H groups in total. The van der Waals surface area contributed by atoms with Gasteiger partial charge >= 0.3 is 5.97 Å². The summed E-state index contributed by atoms with van der Waals surface area (Å²) in [6, 6.07) is 4.47. The fraction of sp³-hybridized carbons (Fsp3) is 0.533. The standard InChI is InChI=1S/C15H22N2O3/c1-3-4-5-6-10-13(15(19)20-2)17-14(18)12-9-7-8-11-16-12/h7-9,11,13H,3-6,10H2,1-2H3,(H,17,18)/t13-/m0/s1. The Balaban J connectivity index is 2.56. The van der Waals surface area contributed by atoms with Gasteiger partial charge in [0, 0.05) is 6.20 Å². The van der Waals surface area contributed by atoms with Crippen LogP contribution < -0.4 is 5.32 Å². The number of rotatable bonds is 8. The van der Waals surface area contributed by atoms with Gasteiger partial charge in [0.05, 0.1) is 7.11 Å². The number of amides is 1. The molecule has 1 amide bonds. The molecule has 1 atom stereocenters. The van der Waals surface area contributed by atoms with Crippen LogP contribution in [0.5, 0.6) is 0 Å². The minimum Gasteiger partial charge on any atom is -0.467 e. The molecule has 0 radical (unpaired) electrons. The van der Waals surface area contributed by atoms with E-state index in [-0.39, 0.29) is 5.91 Å². The lowest BCUT2D eigenvalue weighted by Crippen LogP contribution is -2.41. The van der Waals surface area contributed by atoms with E-state index in [1.165, 1.54) is 7.11 Å². The molecule has 0 bridgehead atoms. The zero-order valence-corrected chi connectivity index (χ0v) is 12.1. The molecule has 0 aliphatic rings. The minimum atomic E-state index is -0.605. The summed E-state index contributed by atoms with van der Waals surface area (Å²) < 4.78 is 4.73. The van der Waals surface area contributed by atoms with Crippen molar-refractivity contribution in [2.45, 2.75) is 45.1 Å². The Morgan fingerprint density at radius 1 is 1.30 bits per heavy atom. The van der Waals surface area contributed by atoms with Crippen LogP contribution in [0, 0.1) is 0 Å². The molecule has 0 aliphatic heterocycles. The zero-order chi connectivity index (χ0) is 14.8. The highest BCUT2D eigenvalue weighted by atomic mass is 16.5. The minimum absolute atomic E-state index is 0.301. The van der Waals surface area contributed by atoms with Crippen molar-refractivity contribution in [2.24, 2.45) is 0 Å². The summed E-state index contributed by atoms with van der Waals surface area (Å²) in [5.74, 6) is -0.762. The Morgan fingerprint density at radius 3 is 2.70 bits per heavy atom. The Bertz CT molecular complexity index is 420. The van der Waals surface area contributed by atoms with Crippen molar-refractivity contribution in [3.05, 3.63) is 30.1 Å². The topological polar surface area (TPSA) is 68.3 Å². The molecule has 20 heavy (non-hydrogen) atoms. The molecule has 110 valence electrons. The fourth-order valence-electron chi connectivity index (χ4n) is 1.90. The molecule has 5 heteroatoms. The number of ether oxygens (including phenoxy) is 1. The molecule has 0 fully saturated rings. The van der Waals surface area contributed by atoms with E-state index in [1.54, 1.807) is 24.4 Å². The molecule has 0 saturated carbocycles. The van der Waals surface area contributed by atoms with Gasteiger partial charge in [0.1, 0.15) is 11.7 Å². The molecule has 1 aromatic rings. The SMILES string of the molecule is CCCCCC[C@H](NC(=O)c1ccccn1)C(=O)OC. The van der Waals surface area contributed by atoms with E-state index >= 15 is 0 Å². The molecule has 5 nitrogen and oxygen atoms in total. The summed E-state index contributed by atoms with van der Waals surface area (Å²) in [7, 11) is 1.33. The Labute approximate surface area is 119 Å². The van der Waals surface area contributed by atoms with E-state index in [4.69, 9.17) is 4.74 Å². The summed E-state index contributed by atoms with van der Waals surface area (Å²) >= 11 is 0. The van der Waals surface area contributed by atoms with Gasteiger partial charge in [-0.1, -0.05) is 38.7 Å². The molecular weight excluding hydrogens is 256 g/mol. The second kappa shape index (κ2) is 9.07. The van der Waals surface area contributed by atoms with Crippen LogP contribution in [0.4, 0.5) is 0 Å². The summed E-state index contributed by atoms with van der Waals surface area (Å²) in [5, 5.41) is 2.68. The van der Waals surface area contributed by atoms with E-state index in [2.05, 4.69) is 17.2 Å². The maximum Gasteiger partial charge on any atom is 0.328 e. The number of pyridine rings is 1. The normalized spacial score (nSPS) is 11.7. The predicted octanol–water partition coefficient (Wildman–Crippen LogP) is 2.32. The molecule has 0 aliphatic carbocycles. The molecule has 1 aromatic heterocycles. The van der Waals surface area contributed by atoms with E-state index < -0.39 is 12.0 Å². The quantitative estimate of drug-likeness (QED) is 0.585. The molecule has 1 rings (SSSR count). The van der Waals surface area contributed by atoms with E-state index in [9.17, 15) is 9.59 Å². The zero-order valence-electron chi connectivity index (χ0n) is 12.1. The summed E-state index contributed by atoms with van der Waals surface area (Å²) in [6.07, 6.45) is 6.32. The number of hydrogen-bond acceptors (Lipinski definition) is 4. The molecule has 1 heterocycles. The molecule has 0 saturated heterocycles. The smallest absolute Gasteiger partial charge is 0.328 e. The average molecular weight is 278 g/mol. The van der Waals surface area contributed by atoms with Crippen molar-refractivity contribution in [3.63, 3.8) is 0 Å². The van der Waals surface area contributed by atoms with Crippen LogP contribution in [0.3, 0.4) is 0 Å². The number of carbonyl (C=O) groups is 2. The van der Waals surface area contributed by atoms with Gasteiger partial charge < -0.3 is 10.1 Å². The van der Waals surface area contributed by atoms with Crippen molar-refractivity contribution in [2.75, 3.05) is 7.11 Å². The molecular formula is C15H22N2O3. The van der Waals surface area contributed by atoms with Gasteiger partial charge in [-0.25, -0.2) is 4.79 Å². The first-order valence-electron chi connectivity index (χ1n) is 6.98. The third-order valence-electron chi connectivity index (χ3n) is 3.03. The second-order valence-electron chi connectivity index (χ2n) is 4.61. The Hall–Kier alpha value is -1.91. The van der Waals surface area contributed by atoms with Crippen LogP contribution in [0.2, 0.25) is 0 Å². The molecule has 0 unspecified atom stereocenters. The third-order valence-corrected chi connectivity index (χ3v) is 3.03. The van der Waals surface area contributed by atoms with Gasteiger partial charge in [0.25, 0.3) is 5.91 Å². The van der Waals surface area contributed by atoms with Gasteiger partial charge in [-0.15, -0.1) is 0 Å². The van der Waals surface area contributed by atoms with Crippen molar-refractivity contribution in [1.29, 1.82) is 0 Å².